The lowest BCUT2D eigenvalue weighted by molar-refractivity contribution is 0.0849. The topological polar surface area (TPSA) is 100 Å². The Kier molecular flexibility index (Phi) is 5.35. The summed E-state index contributed by atoms with van der Waals surface area (Å²) in [4.78, 5) is 36.2. The molecule has 0 bridgehead atoms. The highest BCUT2D eigenvalue weighted by molar-refractivity contribution is 7.18. The predicted octanol–water partition coefficient (Wildman–Crippen LogP) is 3.32. The second-order valence-electron chi connectivity index (χ2n) is 5.01. The molecule has 1 aromatic carbocycles. The van der Waals surface area contributed by atoms with E-state index in [1.54, 1.807) is 24.3 Å². The summed E-state index contributed by atoms with van der Waals surface area (Å²) in [6, 6.07) is 12.5. The lowest BCUT2D eigenvalue weighted by Gasteiger charge is -2.06. The number of halogens is 1. The van der Waals surface area contributed by atoms with Crippen LogP contribution < -0.4 is 16.2 Å². The average Bonchev–Trinajstić information content (AvgIpc) is 3.32. The van der Waals surface area contributed by atoms with E-state index in [-0.39, 0.29) is 5.76 Å². The predicted molar refractivity (Wildman–Crippen MR) is 97.4 cm³/mol. The van der Waals surface area contributed by atoms with Crippen molar-refractivity contribution >= 4 is 45.7 Å². The Morgan fingerprint density at radius 3 is 2.31 bits per heavy atom. The molecule has 3 rings (SSSR count). The van der Waals surface area contributed by atoms with Crippen molar-refractivity contribution < 1.29 is 18.8 Å². The van der Waals surface area contributed by atoms with Crippen LogP contribution in [0.15, 0.2) is 59.2 Å². The molecule has 0 atom stereocenters. The standard InChI is InChI=1S/C17H12ClN3O4S/c18-11-5-3-10(4-6-11)15(22)20-21-17(24)13-7-8-14(26-13)19-16(23)12-2-1-9-25-12/h1-9H,(H,19,23)(H,20,22)(H,21,24). The maximum atomic E-state index is 12.1. The van der Waals surface area contributed by atoms with Gasteiger partial charge in [0.05, 0.1) is 16.1 Å². The SMILES string of the molecule is O=C(NNC(=O)c1ccc(NC(=O)c2ccco2)s1)c1ccc(Cl)cc1. The highest BCUT2D eigenvalue weighted by Crippen LogP contribution is 2.22. The van der Waals surface area contributed by atoms with Gasteiger partial charge in [-0.05, 0) is 48.5 Å². The van der Waals surface area contributed by atoms with Crippen molar-refractivity contribution in [3.8, 4) is 0 Å². The number of hydrogen-bond acceptors (Lipinski definition) is 5. The smallest absolute Gasteiger partial charge is 0.291 e. The molecule has 0 unspecified atom stereocenters. The molecule has 132 valence electrons. The van der Waals surface area contributed by atoms with Crippen LogP contribution in [0.3, 0.4) is 0 Å². The molecule has 2 aromatic heterocycles. The molecule has 3 amide bonds. The number of furan rings is 1. The van der Waals surface area contributed by atoms with Crippen LogP contribution in [0.25, 0.3) is 0 Å². The van der Waals surface area contributed by atoms with E-state index in [0.29, 0.717) is 20.5 Å². The van der Waals surface area contributed by atoms with Crippen LogP contribution in [0.2, 0.25) is 5.02 Å². The summed E-state index contributed by atoms with van der Waals surface area (Å²) in [7, 11) is 0. The van der Waals surface area contributed by atoms with Gasteiger partial charge >= 0.3 is 0 Å². The molecular formula is C17H12ClN3O4S. The summed E-state index contributed by atoms with van der Waals surface area (Å²) in [6.07, 6.45) is 1.39. The molecule has 3 aromatic rings. The molecule has 0 radical (unpaired) electrons. The van der Waals surface area contributed by atoms with Gasteiger partial charge in [0.25, 0.3) is 17.7 Å². The number of thiophene rings is 1. The van der Waals surface area contributed by atoms with Gasteiger partial charge in [-0.2, -0.15) is 0 Å². The first-order chi connectivity index (χ1) is 12.5. The molecule has 7 nitrogen and oxygen atoms in total. The zero-order valence-electron chi connectivity index (χ0n) is 13.1. The molecule has 0 aliphatic heterocycles. The molecule has 0 aliphatic carbocycles. The van der Waals surface area contributed by atoms with Crippen molar-refractivity contribution in [3.05, 3.63) is 76.0 Å². The summed E-state index contributed by atoms with van der Waals surface area (Å²) in [5.74, 6) is -1.23. The van der Waals surface area contributed by atoms with Crippen LogP contribution in [0.5, 0.6) is 0 Å². The van der Waals surface area contributed by atoms with Crippen LogP contribution in [0.4, 0.5) is 5.00 Å². The normalized spacial score (nSPS) is 10.2. The van der Waals surface area contributed by atoms with Gasteiger partial charge in [-0.1, -0.05) is 11.6 Å². The van der Waals surface area contributed by atoms with E-state index in [1.165, 1.54) is 30.5 Å². The number of benzene rings is 1. The van der Waals surface area contributed by atoms with E-state index in [4.69, 9.17) is 16.0 Å². The van der Waals surface area contributed by atoms with E-state index in [0.717, 1.165) is 11.3 Å². The first-order valence-electron chi connectivity index (χ1n) is 7.34. The van der Waals surface area contributed by atoms with Gasteiger partial charge in [0.15, 0.2) is 5.76 Å². The van der Waals surface area contributed by atoms with E-state index < -0.39 is 17.7 Å². The number of anilines is 1. The van der Waals surface area contributed by atoms with Gasteiger partial charge in [-0.25, -0.2) is 0 Å². The third-order valence-electron chi connectivity index (χ3n) is 3.21. The number of carbonyl (C=O) groups is 3. The number of nitrogens with one attached hydrogen (secondary N) is 3. The Balaban J connectivity index is 1.55. The molecule has 2 heterocycles. The van der Waals surface area contributed by atoms with Crippen molar-refractivity contribution in [2.24, 2.45) is 0 Å². The summed E-state index contributed by atoms with van der Waals surface area (Å²) in [5.41, 5.74) is 4.98. The second kappa shape index (κ2) is 7.85. The van der Waals surface area contributed by atoms with E-state index >= 15 is 0 Å². The minimum atomic E-state index is -0.504. The number of rotatable bonds is 4. The second-order valence-corrected chi connectivity index (χ2v) is 6.53. The monoisotopic (exact) mass is 389 g/mol. The van der Waals surface area contributed by atoms with Gasteiger partial charge in [-0.3, -0.25) is 25.2 Å². The molecule has 3 N–H and O–H groups in total. The molecule has 9 heteroatoms. The van der Waals surface area contributed by atoms with Crippen LogP contribution in [0, 0.1) is 0 Å². The minimum Gasteiger partial charge on any atom is -0.459 e. The van der Waals surface area contributed by atoms with Crippen LogP contribution >= 0.6 is 22.9 Å². The van der Waals surface area contributed by atoms with E-state index in [1.807, 2.05) is 0 Å². The van der Waals surface area contributed by atoms with Crippen molar-refractivity contribution in [3.63, 3.8) is 0 Å². The minimum absolute atomic E-state index is 0.166. The summed E-state index contributed by atoms with van der Waals surface area (Å²) in [5, 5.41) is 3.60. The number of carbonyl (C=O) groups excluding carboxylic acids is 3. The van der Waals surface area contributed by atoms with Crippen molar-refractivity contribution in [1.29, 1.82) is 0 Å². The number of amides is 3. The maximum Gasteiger partial charge on any atom is 0.291 e. The Bertz CT molecular complexity index is 935. The van der Waals surface area contributed by atoms with Gasteiger partial charge in [0.1, 0.15) is 0 Å². The van der Waals surface area contributed by atoms with Crippen molar-refractivity contribution in [2.75, 3.05) is 5.32 Å². The molecule has 0 spiro atoms. The average molecular weight is 390 g/mol. The van der Waals surface area contributed by atoms with Gasteiger partial charge in [0.2, 0.25) is 0 Å². The Hall–Kier alpha value is -3.10. The Labute approximate surface area is 156 Å². The van der Waals surface area contributed by atoms with Crippen LogP contribution in [-0.2, 0) is 0 Å². The quantitative estimate of drug-likeness (QED) is 0.596. The first-order valence-corrected chi connectivity index (χ1v) is 8.53. The fourth-order valence-corrected chi connectivity index (χ4v) is 2.88. The van der Waals surface area contributed by atoms with E-state index in [9.17, 15) is 14.4 Å². The third-order valence-corrected chi connectivity index (χ3v) is 4.46. The number of hydrazine groups is 1. The molecular weight excluding hydrogens is 378 g/mol. The van der Waals surface area contributed by atoms with E-state index in [2.05, 4.69) is 16.2 Å². The third kappa shape index (κ3) is 4.29. The highest BCUT2D eigenvalue weighted by Gasteiger charge is 2.14. The van der Waals surface area contributed by atoms with Crippen molar-refractivity contribution in [2.45, 2.75) is 0 Å². The van der Waals surface area contributed by atoms with Gasteiger partial charge in [0, 0.05) is 10.6 Å². The van der Waals surface area contributed by atoms with Crippen molar-refractivity contribution in [1.82, 2.24) is 10.9 Å². The maximum absolute atomic E-state index is 12.1. The zero-order chi connectivity index (χ0) is 18.5. The summed E-state index contributed by atoms with van der Waals surface area (Å²) < 4.78 is 4.99. The molecule has 0 saturated heterocycles. The Morgan fingerprint density at radius 2 is 1.62 bits per heavy atom. The summed E-state index contributed by atoms with van der Waals surface area (Å²) >= 11 is 6.82. The van der Waals surface area contributed by atoms with Gasteiger partial charge < -0.3 is 9.73 Å². The molecule has 0 saturated carbocycles. The highest BCUT2D eigenvalue weighted by atomic mass is 35.5. The molecule has 0 aliphatic rings. The van der Waals surface area contributed by atoms with Crippen LogP contribution in [-0.4, -0.2) is 17.7 Å². The largest absolute Gasteiger partial charge is 0.459 e. The van der Waals surface area contributed by atoms with Gasteiger partial charge in [-0.15, -0.1) is 11.3 Å². The Morgan fingerprint density at radius 1 is 0.885 bits per heavy atom. The first kappa shape index (κ1) is 17.7. The number of hydrogen-bond donors (Lipinski definition) is 3. The fraction of sp³-hybridized carbons (Fsp3) is 0. The summed E-state index contributed by atoms with van der Waals surface area (Å²) in [6.45, 7) is 0. The molecule has 0 fully saturated rings. The lowest BCUT2D eigenvalue weighted by atomic mass is 10.2. The zero-order valence-corrected chi connectivity index (χ0v) is 14.7. The molecule has 26 heavy (non-hydrogen) atoms. The van der Waals surface area contributed by atoms with Crippen LogP contribution in [0.1, 0.15) is 30.6 Å². The fourth-order valence-electron chi connectivity index (χ4n) is 1.96. The lowest BCUT2D eigenvalue weighted by Crippen LogP contribution is -2.41.